The van der Waals surface area contributed by atoms with Gasteiger partial charge in [-0.25, -0.2) is 4.79 Å². The van der Waals surface area contributed by atoms with Gasteiger partial charge in [0, 0.05) is 35.6 Å². The molecule has 0 unspecified atom stereocenters. The second kappa shape index (κ2) is 15.1. The summed E-state index contributed by atoms with van der Waals surface area (Å²) in [5, 5.41) is 2.99. The predicted octanol–water partition coefficient (Wildman–Crippen LogP) is 5.39. The van der Waals surface area contributed by atoms with E-state index < -0.39 is 0 Å². The van der Waals surface area contributed by atoms with Gasteiger partial charge in [0.25, 0.3) is 0 Å². The van der Waals surface area contributed by atoms with Crippen LogP contribution in [0.25, 0.3) is 0 Å². The molecule has 8 nitrogen and oxygen atoms in total. The second-order valence-electron chi connectivity index (χ2n) is 9.12. The number of nitrogens with one attached hydrogen (secondary N) is 1. The van der Waals surface area contributed by atoms with Crippen LogP contribution in [0.3, 0.4) is 0 Å². The number of amides is 3. The fourth-order valence-corrected chi connectivity index (χ4v) is 5.12. The molecule has 0 saturated carbocycles. The van der Waals surface area contributed by atoms with Crippen molar-refractivity contribution in [3.05, 3.63) is 75.5 Å². The molecule has 39 heavy (non-hydrogen) atoms. The number of ether oxygens (including phenoxy) is 3. The zero-order valence-electron chi connectivity index (χ0n) is 23.5. The van der Waals surface area contributed by atoms with Gasteiger partial charge in [-0.3, -0.25) is 4.79 Å². The molecule has 0 bridgehead atoms. The number of hydrogen-bond donors (Lipinski definition) is 1. The van der Waals surface area contributed by atoms with Crippen LogP contribution in [0.1, 0.15) is 27.8 Å². The van der Waals surface area contributed by atoms with Gasteiger partial charge in [-0.15, -0.1) is 11.3 Å². The number of para-hydroxylation sites is 1. The van der Waals surface area contributed by atoms with E-state index >= 15 is 0 Å². The maximum atomic E-state index is 13.7. The van der Waals surface area contributed by atoms with Crippen molar-refractivity contribution >= 4 is 29.0 Å². The van der Waals surface area contributed by atoms with Gasteiger partial charge < -0.3 is 29.3 Å². The Morgan fingerprint density at radius 1 is 0.923 bits per heavy atom. The summed E-state index contributed by atoms with van der Waals surface area (Å²) in [6.45, 7) is 5.62. The molecule has 0 fully saturated rings. The van der Waals surface area contributed by atoms with E-state index in [1.165, 1.54) is 9.78 Å². The SMILES string of the molecule is CCc1ccccc1NC(=O)N(CCOC)CC(=O)N(CCc1ccc(OC)c(OC)c1)Cc1ccc(C)s1. The third kappa shape index (κ3) is 8.73. The van der Waals surface area contributed by atoms with Crippen LogP contribution in [0.15, 0.2) is 54.6 Å². The molecule has 3 rings (SSSR count). The fraction of sp³-hybridized carbons (Fsp3) is 0.400. The Morgan fingerprint density at radius 2 is 1.69 bits per heavy atom. The van der Waals surface area contributed by atoms with E-state index in [1.807, 2.05) is 60.4 Å². The van der Waals surface area contributed by atoms with E-state index in [0.29, 0.717) is 44.2 Å². The van der Waals surface area contributed by atoms with Crippen LogP contribution < -0.4 is 14.8 Å². The average Bonchev–Trinajstić information content (AvgIpc) is 3.37. The number of benzene rings is 2. The van der Waals surface area contributed by atoms with Crippen molar-refractivity contribution in [2.75, 3.05) is 52.9 Å². The summed E-state index contributed by atoms with van der Waals surface area (Å²) >= 11 is 1.67. The Balaban J connectivity index is 1.77. The summed E-state index contributed by atoms with van der Waals surface area (Å²) < 4.78 is 16.0. The predicted molar refractivity (Wildman–Crippen MR) is 156 cm³/mol. The van der Waals surface area contributed by atoms with Gasteiger partial charge in [-0.1, -0.05) is 31.2 Å². The zero-order valence-corrected chi connectivity index (χ0v) is 24.3. The van der Waals surface area contributed by atoms with Crippen molar-refractivity contribution < 1.29 is 23.8 Å². The minimum absolute atomic E-state index is 0.0558. The van der Waals surface area contributed by atoms with Gasteiger partial charge >= 0.3 is 6.03 Å². The van der Waals surface area contributed by atoms with E-state index in [4.69, 9.17) is 14.2 Å². The van der Waals surface area contributed by atoms with Crippen LogP contribution in [0.4, 0.5) is 10.5 Å². The molecule has 0 atom stereocenters. The maximum Gasteiger partial charge on any atom is 0.322 e. The van der Waals surface area contributed by atoms with Crippen molar-refractivity contribution in [1.29, 1.82) is 0 Å². The fourth-order valence-electron chi connectivity index (χ4n) is 4.21. The molecule has 0 aliphatic rings. The molecule has 1 heterocycles. The van der Waals surface area contributed by atoms with Crippen LogP contribution >= 0.6 is 11.3 Å². The Bertz CT molecular complexity index is 1230. The first kappa shape index (κ1) is 30.0. The molecule has 210 valence electrons. The summed E-state index contributed by atoms with van der Waals surface area (Å²) in [4.78, 5) is 32.6. The molecule has 3 amide bonds. The molecule has 9 heteroatoms. The lowest BCUT2D eigenvalue weighted by atomic mass is 10.1. The van der Waals surface area contributed by atoms with E-state index in [2.05, 4.69) is 18.3 Å². The molecule has 0 aliphatic carbocycles. The molecular formula is C30H39N3O5S. The molecular weight excluding hydrogens is 514 g/mol. The number of methoxy groups -OCH3 is 3. The van der Waals surface area contributed by atoms with Crippen LogP contribution in [-0.2, 0) is 28.9 Å². The van der Waals surface area contributed by atoms with Crippen LogP contribution in [-0.4, -0.2) is 69.3 Å². The highest BCUT2D eigenvalue weighted by atomic mass is 32.1. The van der Waals surface area contributed by atoms with Gasteiger partial charge in [0.1, 0.15) is 6.54 Å². The highest BCUT2D eigenvalue weighted by Crippen LogP contribution is 2.28. The van der Waals surface area contributed by atoms with Crippen LogP contribution in [0.5, 0.6) is 11.5 Å². The van der Waals surface area contributed by atoms with E-state index in [0.717, 1.165) is 28.1 Å². The van der Waals surface area contributed by atoms with Gasteiger partial charge in [0.2, 0.25) is 5.91 Å². The molecule has 0 spiro atoms. The molecule has 1 N–H and O–H groups in total. The Morgan fingerprint density at radius 3 is 2.36 bits per heavy atom. The molecule has 2 aromatic carbocycles. The molecule has 0 saturated heterocycles. The maximum absolute atomic E-state index is 13.7. The summed E-state index contributed by atoms with van der Waals surface area (Å²) in [7, 11) is 4.79. The monoisotopic (exact) mass is 553 g/mol. The number of carbonyl (C=O) groups excluding carboxylic acids is 2. The number of nitrogens with zero attached hydrogens (tertiary/aromatic N) is 2. The number of rotatable bonds is 14. The highest BCUT2D eigenvalue weighted by molar-refractivity contribution is 7.11. The minimum Gasteiger partial charge on any atom is -0.493 e. The topological polar surface area (TPSA) is 80.3 Å². The number of carbonyl (C=O) groups is 2. The second-order valence-corrected chi connectivity index (χ2v) is 10.5. The van der Waals surface area contributed by atoms with Gasteiger partial charge in [0.15, 0.2) is 11.5 Å². The van der Waals surface area contributed by atoms with E-state index in [-0.39, 0.29) is 18.5 Å². The Hall–Kier alpha value is -3.56. The molecule has 1 aromatic heterocycles. The summed E-state index contributed by atoms with van der Waals surface area (Å²) in [6, 6.07) is 17.3. The standard InChI is InChI=1S/C30H39N3O5S/c1-6-24-9-7-8-10-26(24)31-30(35)33(17-18-36-3)21-29(34)32(20-25-13-11-22(2)39-25)16-15-23-12-14-27(37-4)28(19-23)38-5/h7-14,19H,6,15-18,20-21H2,1-5H3,(H,31,35). The first-order valence-corrected chi connectivity index (χ1v) is 13.9. The zero-order chi connectivity index (χ0) is 28.2. The largest absolute Gasteiger partial charge is 0.493 e. The molecule has 3 aromatic rings. The smallest absolute Gasteiger partial charge is 0.322 e. The molecule has 0 aliphatic heterocycles. The number of anilines is 1. The Labute approximate surface area is 235 Å². The lowest BCUT2D eigenvalue weighted by Crippen LogP contribution is -2.46. The summed E-state index contributed by atoms with van der Waals surface area (Å²) in [5.41, 5.74) is 2.81. The number of hydrogen-bond acceptors (Lipinski definition) is 6. The first-order valence-electron chi connectivity index (χ1n) is 13.0. The third-order valence-electron chi connectivity index (χ3n) is 6.43. The third-order valence-corrected chi connectivity index (χ3v) is 7.42. The number of thiophene rings is 1. The van der Waals surface area contributed by atoms with Gasteiger partial charge in [0.05, 0.1) is 27.4 Å². The van der Waals surface area contributed by atoms with Crippen molar-refractivity contribution in [3.8, 4) is 11.5 Å². The van der Waals surface area contributed by atoms with Crippen molar-refractivity contribution in [2.24, 2.45) is 0 Å². The van der Waals surface area contributed by atoms with Crippen molar-refractivity contribution in [2.45, 2.75) is 33.2 Å². The minimum atomic E-state index is -0.326. The lowest BCUT2D eigenvalue weighted by molar-refractivity contribution is -0.132. The van der Waals surface area contributed by atoms with E-state index in [9.17, 15) is 9.59 Å². The first-order chi connectivity index (χ1) is 18.9. The quantitative estimate of drug-likeness (QED) is 0.290. The van der Waals surface area contributed by atoms with Crippen molar-refractivity contribution in [3.63, 3.8) is 0 Å². The van der Waals surface area contributed by atoms with Gasteiger partial charge in [-0.05, 0) is 61.2 Å². The highest BCUT2D eigenvalue weighted by Gasteiger charge is 2.23. The van der Waals surface area contributed by atoms with Crippen LogP contribution in [0, 0.1) is 6.92 Å². The van der Waals surface area contributed by atoms with Crippen molar-refractivity contribution in [1.82, 2.24) is 9.80 Å². The normalized spacial score (nSPS) is 10.7. The Kier molecular flexibility index (Phi) is 11.6. The lowest BCUT2D eigenvalue weighted by Gasteiger charge is -2.28. The van der Waals surface area contributed by atoms with Gasteiger partial charge in [-0.2, -0.15) is 0 Å². The molecule has 0 radical (unpaired) electrons. The van der Waals surface area contributed by atoms with E-state index in [1.54, 1.807) is 32.7 Å². The number of aryl methyl sites for hydroxylation is 2. The summed E-state index contributed by atoms with van der Waals surface area (Å²) in [6.07, 6.45) is 1.42. The number of urea groups is 1. The average molecular weight is 554 g/mol. The van der Waals surface area contributed by atoms with Crippen LogP contribution in [0.2, 0.25) is 0 Å². The summed E-state index contributed by atoms with van der Waals surface area (Å²) in [5.74, 6) is 1.18.